The highest BCUT2D eigenvalue weighted by Crippen LogP contribution is 2.47. The highest BCUT2D eigenvalue weighted by atomic mass is 32.2. The highest BCUT2D eigenvalue weighted by molar-refractivity contribution is 7.90. The molecule has 1 aliphatic rings. The number of halogens is 1. The fourth-order valence-electron chi connectivity index (χ4n) is 4.29. The van der Waals surface area contributed by atoms with Gasteiger partial charge < -0.3 is 0 Å². The minimum absolute atomic E-state index is 0.134. The van der Waals surface area contributed by atoms with Gasteiger partial charge in [-0.25, -0.2) is 16.8 Å². The maximum absolute atomic E-state index is 14.0. The van der Waals surface area contributed by atoms with Gasteiger partial charge in [0.05, 0.1) is 15.9 Å². The van der Waals surface area contributed by atoms with Gasteiger partial charge in [0.2, 0.25) is 0 Å². The molecule has 5 aromatic rings. The fourth-order valence-corrected chi connectivity index (χ4v) is 6.03. The molecule has 0 bridgehead atoms. The lowest BCUT2D eigenvalue weighted by Crippen LogP contribution is -2.18. The van der Waals surface area contributed by atoms with Crippen LogP contribution in [-0.4, -0.2) is 12.4 Å². The molecule has 1 aliphatic heterocycles. The normalized spacial score (nSPS) is 14.7. The van der Waals surface area contributed by atoms with Gasteiger partial charge in [-0.2, -0.15) is 0 Å². The van der Waals surface area contributed by atoms with Crippen LogP contribution in [0.2, 0.25) is 0 Å². The number of fused-ring (bicyclic) bond motifs is 7. The van der Waals surface area contributed by atoms with Gasteiger partial charge in [-0.15, -0.1) is 0 Å². The van der Waals surface area contributed by atoms with Gasteiger partial charge in [-0.3, -0.25) is 0 Å². The number of nitrogens with zero attached hydrogens (tertiary/aromatic N) is 1. The molecule has 6 rings (SSSR count). The van der Waals surface area contributed by atoms with Crippen LogP contribution in [0.25, 0.3) is 43.7 Å². The first-order chi connectivity index (χ1) is 13.1. The van der Waals surface area contributed by atoms with Gasteiger partial charge in [0.1, 0.15) is 5.82 Å². The van der Waals surface area contributed by atoms with Crippen LogP contribution in [0.15, 0.2) is 77.7 Å². The van der Waals surface area contributed by atoms with Gasteiger partial charge in [0.15, 0.2) is 0 Å². The van der Waals surface area contributed by atoms with Crippen LogP contribution < -0.4 is 0 Å². The van der Waals surface area contributed by atoms with Gasteiger partial charge in [-0.05, 0) is 41.1 Å². The van der Waals surface area contributed by atoms with E-state index in [2.05, 4.69) is 0 Å². The third-order valence-corrected chi connectivity index (χ3v) is 7.14. The van der Waals surface area contributed by atoms with Gasteiger partial charge in [0, 0.05) is 21.9 Å². The van der Waals surface area contributed by atoms with Crippen LogP contribution in [0.4, 0.5) is 4.39 Å². The molecule has 5 heteroatoms. The van der Waals surface area contributed by atoms with E-state index in [1.807, 2.05) is 54.6 Å². The lowest BCUT2D eigenvalue weighted by Gasteiger charge is -2.21. The van der Waals surface area contributed by atoms with E-state index >= 15 is 0 Å². The molecule has 1 aromatic heterocycles. The minimum atomic E-state index is -3.83. The van der Waals surface area contributed by atoms with Gasteiger partial charge in [0.25, 0.3) is 10.0 Å². The van der Waals surface area contributed by atoms with Crippen LogP contribution in [-0.2, 0) is 10.0 Å². The smallest absolute Gasteiger partial charge is 0.233 e. The predicted octanol–water partition coefficient (Wildman–Crippen LogP) is 5.30. The molecule has 0 amide bonds. The quantitative estimate of drug-likeness (QED) is 0.362. The van der Waals surface area contributed by atoms with E-state index in [1.165, 1.54) is 22.2 Å². The number of hydrogen-bond acceptors (Lipinski definition) is 2. The first kappa shape index (κ1) is 14.9. The molecule has 0 fully saturated rings. The Morgan fingerprint density at radius 2 is 1.52 bits per heavy atom. The summed E-state index contributed by atoms with van der Waals surface area (Å²) in [6.07, 6.45) is 0. The number of para-hydroxylation sites is 1. The highest BCUT2D eigenvalue weighted by Gasteiger charge is 2.33. The summed E-state index contributed by atoms with van der Waals surface area (Å²) in [5.41, 5.74) is 2.42. The Hall–Kier alpha value is -3.18. The summed E-state index contributed by atoms with van der Waals surface area (Å²) in [7, 11) is -3.83. The van der Waals surface area contributed by atoms with Crippen molar-refractivity contribution >= 4 is 42.6 Å². The SMILES string of the molecule is O=S1(=O)c2ccc(F)cc2-c2cc3ccccc3c3c4ccccc4n1c23. The lowest BCUT2D eigenvalue weighted by atomic mass is 9.96. The molecule has 0 saturated heterocycles. The van der Waals surface area contributed by atoms with E-state index < -0.39 is 15.8 Å². The molecular formula is C22H12FNO2S. The number of hydrogen-bond donors (Lipinski definition) is 0. The van der Waals surface area contributed by atoms with E-state index in [-0.39, 0.29) is 4.90 Å². The van der Waals surface area contributed by atoms with Crippen molar-refractivity contribution in [3.8, 4) is 11.1 Å². The topological polar surface area (TPSA) is 39.1 Å². The standard InChI is InChI=1S/C22H12FNO2S/c23-14-9-10-20-17(12-14)18-11-13-5-1-2-6-15(13)21-16-7-3-4-8-19(16)24(22(18)21)27(20,25)26/h1-12H. The zero-order valence-corrected chi connectivity index (χ0v) is 14.8. The summed E-state index contributed by atoms with van der Waals surface area (Å²) in [5, 5.41) is 3.75. The predicted molar refractivity (Wildman–Crippen MR) is 105 cm³/mol. The van der Waals surface area contributed by atoms with E-state index in [0.717, 1.165) is 27.1 Å². The molecule has 0 spiro atoms. The molecule has 0 aliphatic carbocycles. The van der Waals surface area contributed by atoms with Gasteiger partial charge >= 0.3 is 0 Å². The Morgan fingerprint density at radius 1 is 0.778 bits per heavy atom. The van der Waals surface area contributed by atoms with E-state index in [4.69, 9.17) is 0 Å². The zero-order valence-electron chi connectivity index (χ0n) is 14.0. The van der Waals surface area contributed by atoms with Crippen molar-refractivity contribution in [1.82, 2.24) is 3.97 Å². The Labute approximate surface area is 154 Å². The summed E-state index contributed by atoms with van der Waals surface area (Å²) in [6.45, 7) is 0. The molecule has 0 atom stereocenters. The van der Waals surface area contributed by atoms with Crippen molar-refractivity contribution in [3.05, 3.63) is 78.6 Å². The van der Waals surface area contributed by atoms with Gasteiger partial charge in [-0.1, -0.05) is 42.5 Å². The Morgan fingerprint density at radius 3 is 2.37 bits per heavy atom. The van der Waals surface area contributed by atoms with Crippen LogP contribution in [0.3, 0.4) is 0 Å². The number of benzene rings is 4. The lowest BCUT2D eigenvalue weighted by molar-refractivity contribution is 0.589. The van der Waals surface area contributed by atoms with E-state index in [1.54, 1.807) is 0 Å². The molecule has 2 heterocycles. The number of rotatable bonds is 0. The third kappa shape index (κ3) is 1.72. The molecular weight excluding hydrogens is 361 g/mol. The fraction of sp³-hybridized carbons (Fsp3) is 0. The molecule has 0 N–H and O–H groups in total. The Kier molecular flexibility index (Phi) is 2.63. The summed E-state index contributed by atoms with van der Waals surface area (Å²) < 4.78 is 42.3. The number of aromatic nitrogens is 1. The molecule has 0 radical (unpaired) electrons. The second kappa shape index (κ2) is 4.75. The Bertz CT molecular complexity index is 1550. The summed E-state index contributed by atoms with van der Waals surface area (Å²) >= 11 is 0. The second-order valence-corrected chi connectivity index (χ2v) is 8.55. The molecule has 0 saturated carbocycles. The Balaban J connectivity index is 2.03. The average Bonchev–Trinajstić information content (AvgIpc) is 3.03. The largest absolute Gasteiger partial charge is 0.269 e. The van der Waals surface area contributed by atoms with E-state index in [9.17, 15) is 12.8 Å². The molecule has 27 heavy (non-hydrogen) atoms. The van der Waals surface area contributed by atoms with Crippen molar-refractivity contribution in [3.63, 3.8) is 0 Å². The van der Waals surface area contributed by atoms with Crippen LogP contribution in [0, 0.1) is 5.82 Å². The van der Waals surface area contributed by atoms with Crippen molar-refractivity contribution in [1.29, 1.82) is 0 Å². The molecule has 130 valence electrons. The molecule has 3 nitrogen and oxygen atoms in total. The van der Waals surface area contributed by atoms with Crippen molar-refractivity contribution in [2.75, 3.05) is 0 Å². The minimum Gasteiger partial charge on any atom is -0.233 e. The summed E-state index contributed by atoms with van der Waals surface area (Å²) in [5.74, 6) is -0.449. The maximum atomic E-state index is 14.0. The monoisotopic (exact) mass is 373 g/mol. The first-order valence-electron chi connectivity index (χ1n) is 8.58. The van der Waals surface area contributed by atoms with Crippen molar-refractivity contribution in [2.45, 2.75) is 4.90 Å². The van der Waals surface area contributed by atoms with Crippen LogP contribution >= 0.6 is 0 Å². The van der Waals surface area contributed by atoms with Crippen LogP contribution in [0.1, 0.15) is 0 Å². The summed E-state index contributed by atoms with van der Waals surface area (Å²) in [4.78, 5) is 0.134. The summed E-state index contributed by atoms with van der Waals surface area (Å²) in [6, 6.07) is 21.2. The maximum Gasteiger partial charge on any atom is 0.269 e. The molecule has 4 aromatic carbocycles. The molecule has 0 unspecified atom stereocenters. The average molecular weight is 373 g/mol. The second-order valence-electron chi connectivity index (χ2n) is 6.80. The van der Waals surface area contributed by atoms with E-state index in [0.29, 0.717) is 16.6 Å². The first-order valence-corrected chi connectivity index (χ1v) is 10.0. The third-order valence-electron chi connectivity index (χ3n) is 5.37. The zero-order chi connectivity index (χ0) is 18.3. The van der Waals surface area contributed by atoms with Crippen molar-refractivity contribution in [2.24, 2.45) is 0 Å². The van der Waals surface area contributed by atoms with Crippen LogP contribution in [0.5, 0.6) is 0 Å². The van der Waals surface area contributed by atoms with Crippen molar-refractivity contribution < 1.29 is 12.8 Å².